The molecule has 26 heavy (non-hydrogen) atoms. The van der Waals surface area contributed by atoms with Gasteiger partial charge in [-0.3, -0.25) is 18.9 Å². The molecule has 0 aromatic carbocycles. The minimum atomic E-state index is -1.00. The van der Waals surface area contributed by atoms with Crippen molar-refractivity contribution in [2.24, 2.45) is 5.11 Å². The maximum absolute atomic E-state index is 10.2. The Labute approximate surface area is 181 Å². The number of halogens is 2. The van der Waals surface area contributed by atoms with Crippen LogP contribution in [0.3, 0.4) is 0 Å². The Bertz CT molecular complexity index is 410. The molecule has 0 saturated carbocycles. The number of esters is 2. The number of azide groups is 1. The molecule has 0 fully saturated rings. The van der Waals surface area contributed by atoms with Crippen LogP contribution in [0.5, 0.6) is 0 Å². The first kappa shape index (κ1) is 32.5. The maximum Gasteiger partial charge on any atom is 1.00 e. The summed E-state index contributed by atoms with van der Waals surface area (Å²) in [7, 11) is -1.00. The second-order valence-corrected chi connectivity index (χ2v) is 4.21. The Hall–Kier alpha value is -1.22. The van der Waals surface area contributed by atoms with E-state index in [4.69, 9.17) is 29.6 Å². The first-order valence-electron chi connectivity index (χ1n) is 7.75. The van der Waals surface area contributed by atoms with Crippen molar-refractivity contribution < 1.29 is 54.4 Å². The molecule has 0 rings (SSSR count). The van der Waals surface area contributed by atoms with Crippen LogP contribution < -0.4 is 29.6 Å². The number of unbranched alkanes of at least 4 members (excludes halogenated alkanes) is 2. The molecule has 0 unspecified atom stereocenters. The second kappa shape index (κ2) is 39.0. The summed E-state index contributed by atoms with van der Waals surface area (Å²) in [5.74, 6) is 0.153. The minimum absolute atomic E-state index is 0. The number of ether oxygens (including phenoxy) is 2. The molecule has 0 aromatic rings. The zero-order valence-corrected chi connectivity index (χ0v) is 18.2. The van der Waals surface area contributed by atoms with Gasteiger partial charge in [0.05, 0.1) is 21.7 Å². The predicted octanol–water partition coefficient (Wildman–Crippen LogP) is 1.66. The van der Waals surface area contributed by atoms with Crippen LogP contribution in [0, 0.1) is 0 Å². The Morgan fingerprint density at radius 2 is 1.46 bits per heavy atom. The summed E-state index contributed by atoms with van der Waals surface area (Å²) in [6.07, 6.45) is 3.29. The fraction of sp³-hybridized carbons (Fsp3) is 0.846. The van der Waals surface area contributed by atoms with Crippen LogP contribution in [0.2, 0.25) is 0 Å². The van der Waals surface area contributed by atoms with Crippen LogP contribution in [-0.4, -0.2) is 44.7 Å². The fourth-order valence-corrected chi connectivity index (χ4v) is 1.15. The summed E-state index contributed by atoms with van der Waals surface area (Å²) < 4.78 is 24.8. The van der Waals surface area contributed by atoms with Crippen LogP contribution in [0.15, 0.2) is 5.11 Å². The van der Waals surface area contributed by atoms with E-state index in [2.05, 4.69) is 19.5 Å². The number of carbonyl (C=O) groups excluding carboxylic acids is 2. The average Bonchev–Trinajstić information content (AvgIpc) is 2.56. The zero-order chi connectivity index (χ0) is 21.1. The molecule has 0 saturated heterocycles. The first-order valence-corrected chi connectivity index (χ1v) is 7.58. The van der Waals surface area contributed by atoms with Crippen molar-refractivity contribution in [2.75, 3.05) is 32.8 Å². The molecular formula is C13H25ClFN6NaO4. The molecule has 0 aliphatic rings. The quantitative estimate of drug-likeness (QED) is 0.108. The molecule has 0 heterocycles. The third-order valence-corrected chi connectivity index (χ3v) is 2.12. The molecule has 0 aliphatic carbocycles. The van der Waals surface area contributed by atoms with Crippen molar-refractivity contribution >= 4 is 23.5 Å². The van der Waals surface area contributed by atoms with Crippen molar-refractivity contribution in [1.82, 2.24) is 0 Å². The standard InChI is InChI=1S/C6H11ClO2.C6H11N3O2.CH3F.N3.Na/c1-6(8)9-5-3-2-4-7;1-6(10)11-5-3-2-4-8-9-7;1-2;1-3-2;/h2-5H2,1H3;2-5H2,1H3;1H3;;/q;;;-1;+1/i;;1D;;. The number of alkyl halides is 2. The molecule has 0 spiro atoms. The van der Waals surface area contributed by atoms with Gasteiger partial charge in [0, 0.05) is 31.2 Å². The van der Waals surface area contributed by atoms with Gasteiger partial charge in [0.25, 0.3) is 0 Å². The number of hydrogen-bond donors (Lipinski definition) is 0. The second-order valence-electron chi connectivity index (χ2n) is 3.83. The smallest absolute Gasteiger partial charge is 0.466 e. The van der Waals surface area contributed by atoms with E-state index in [1.54, 1.807) is 0 Å². The van der Waals surface area contributed by atoms with E-state index >= 15 is 0 Å². The van der Waals surface area contributed by atoms with Gasteiger partial charge in [-0.1, -0.05) is 5.11 Å². The predicted molar refractivity (Wildman–Crippen MR) is 93.6 cm³/mol. The topological polar surface area (TPSA) is 160 Å². The SMILES string of the molecule is CC(=O)OCCCCCl.CC(=O)OCCCCN=[N+]=[N-].[2H]CF.[N-]=[N+]=[N-].[Na+]. The van der Waals surface area contributed by atoms with Gasteiger partial charge in [-0.15, -0.1) is 11.6 Å². The normalized spacial score (nSPS) is 7.77. The van der Waals surface area contributed by atoms with Crippen molar-refractivity contribution in [1.29, 1.82) is 0 Å². The fourth-order valence-electron chi connectivity index (χ4n) is 0.958. The molecule has 0 aliphatic heterocycles. The largest absolute Gasteiger partial charge is 1.00 e. The number of carbonyl (C=O) groups is 2. The van der Waals surface area contributed by atoms with Crippen molar-refractivity contribution in [3.8, 4) is 0 Å². The molecule has 0 radical (unpaired) electrons. The molecule has 10 nitrogen and oxygen atoms in total. The van der Waals surface area contributed by atoms with Crippen LogP contribution in [0.25, 0.3) is 26.4 Å². The third-order valence-electron chi connectivity index (χ3n) is 1.85. The summed E-state index contributed by atoms with van der Waals surface area (Å²) in [5, 5.41) is 3.33. The monoisotopic (exact) mass is 407 g/mol. The van der Waals surface area contributed by atoms with Gasteiger partial charge in [0.2, 0.25) is 0 Å². The Balaban J connectivity index is -0.0000000906. The van der Waals surface area contributed by atoms with E-state index in [-0.39, 0.29) is 41.5 Å². The van der Waals surface area contributed by atoms with E-state index in [1.807, 2.05) is 0 Å². The summed E-state index contributed by atoms with van der Waals surface area (Å²) in [5.41, 5.74) is 21.4. The van der Waals surface area contributed by atoms with Crippen molar-refractivity contribution in [3.05, 3.63) is 26.4 Å². The van der Waals surface area contributed by atoms with E-state index in [0.717, 1.165) is 25.7 Å². The van der Waals surface area contributed by atoms with Crippen LogP contribution in [0.1, 0.15) is 40.9 Å². The average molecular weight is 408 g/mol. The summed E-state index contributed by atoms with van der Waals surface area (Å²) >= 11 is 5.38. The van der Waals surface area contributed by atoms with Gasteiger partial charge in [-0.2, -0.15) is 0 Å². The molecule has 0 amide bonds. The van der Waals surface area contributed by atoms with E-state index in [9.17, 15) is 14.0 Å². The van der Waals surface area contributed by atoms with Gasteiger partial charge in [-0.25, -0.2) is 0 Å². The first-order chi connectivity index (χ1) is 12.4. The van der Waals surface area contributed by atoms with E-state index in [0.29, 0.717) is 25.6 Å². The van der Waals surface area contributed by atoms with Crippen molar-refractivity contribution in [3.63, 3.8) is 0 Å². The van der Waals surface area contributed by atoms with Crippen LogP contribution in [-0.2, 0) is 19.1 Å². The number of rotatable bonds is 9. The maximum atomic E-state index is 10.2. The van der Waals surface area contributed by atoms with Gasteiger partial charge in [0.1, 0.15) is 0 Å². The summed E-state index contributed by atoms with van der Waals surface area (Å²) in [4.78, 5) is 24.5. The summed E-state index contributed by atoms with van der Waals surface area (Å²) in [6, 6.07) is 0. The third kappa shape index (κ3) is 66.2. The van der Waals surface area contributed by atoms with Gasteiger partial charge in [0.15, 0.2) is 0 Å². The van der Waals surface area contributed by atoms with Crippen LogP contribution in [0.4, 0.5) is 4.39 Å². The van der Waals surface area contributed by atoms with Gasteiger partial charge < -0.3 is 20.5 Å². The molecule has 146 valence electrons. The number of hydrogen-bond acceptors (Lipinski definition) is 5. The molecular weight excluding hydrogens is 382 g/mol. The van der Waals surface area contributed by atoms with Gasteiger partial charge in [-0.05, 0) is 31.2 Å². The molecule has 13 heteroatoms. The summed E-state index contributed by atoms with van der Waals surface area (Å²) in [6.45, 7) is 4.16. The van der Waals surface area contributed by atoms with Crippen molar-refractivity contribution in [2.45, 2.75) is 39.5 Å². The van der Waals surface area contributed by atoms with E-state index < -0.39 is 7.15 Å². The Kier molecular flexibility index (Phi) is 48.7. The minimum Gasteiger partial charge on any atom is -0.466 e. The molecule has 0 aromatic heterocycles. The zero-order valence-electron chi connectivity index (χ0n) is 16.4. The number of nitrogens with zero attached hydrogens (tertiary/aromatic N) is 6. The Morgan fingerprint density at radius 1 is 1.08 bits per heavy atom. The molecule has 0 bridgehead atoms. The Morgan fingerprint density at radius 3 is 1.77 bits per heavy atom. The molecule has 0 atom stereocenters. The van der Waals surface area contributed by atoms with E-state index in [1.165, 1.54) is 18.8 Å². The van der Waals surface area contributed by atoms with Crippen LogP contribution >= 0.6 is 11.6 Å². The molecule has 0 N–H and O–H groups in total. The van der Waals surface area contributed by atoms with Gasteiger partial charge >= 0.3 is 41.5 Å².